The number of fused-ring (bicyclic) bond motifs is 1. The maximum absolute atomic E-state index is 13.9. The summed E-state index contributed by atoms with van der Waals surface area (Å²) in [5, 5.41) is 0.886. The maximum atomic E-state index is 13.9. The first kappa shape index (κ1) is 22.7. The largest absolute Gasteiger partial charge is 0.377 e. The second-order valence-corrected chi connectivity index (χ2v) is 10.7. The zero-order valence-electron chi connectivity index (χ0n) is 19.1. The molecule has 2 aromatic carbocycles. The molecule has 1 aromatic heterocycles. The quantitative estimate of drug-likeness (QED) is 0.607. The molecule has 6 nitrogen and oxygen atoms in total. The number of para-hydroxylation sites is 1. The molecule has 1 atom stereocenters. The van der Waals surface area contributed by atoms with Crippen LogP contribution in [0.25, 0.3) is 10.9 Å². The van der Waals surface area contributed by atoms with Crippen molar-refractivity contribution in [2.75, 3.05) is 13.2 Å². The maximum Gasteiger partial charge on any atom is 0.252 e. The highest BCUT2D eigenvalue weighted by Crippen LogP contribution is 2.28. The average molecular weight is 455 g/mol. The Morgan fingerprint density at radius 2 is 1.78 bits per heavy atom. The molecule has 0 radical (unpaired) electrons. The summed E-state index contributed by atoms with van der Waals surface area (Å²) in [7, 11) is -3.84. The van der Waals surface area contributed by atoms with Crippen molar-refractivity contribution in [2.24, 2.45) is 0 Å². The van der Waals surface area contributed by atoms with Gasteiger partial charge in [0, 0.05) is 25.3 Å². The predicted molar refractivity (Wildman–Crippen MR) is 127 cm³/mol. The fourth-order valence-electron chi connectivity index (χ4n) is 4.70. The van der Waals surface area contributed by atoms with Gasteiger partial charge in [-0.3, -0.25) is 4.79 Å². The van der Waals surface area contributed by atoms with E-state index in [-0.39, 0.29) is 24.8 Å². The number of aryl methyl sites for hydroxylation is 4. The van der Waals surface area contributed by atoms with Crippen LogP contribution in [0.15, 0.2) is 46.1 Å². The summed E-state index contributed by atoms with van der Waals surface area (Å²) in [5.41, 5.74) is 4.35. The van der Waals surface area contributed by atoms with Crippen molar-refractivity contribution in [1.29, 1.82) is 0 Å². The monoisotopic (exact) mass is 454 g/mol. The van der Waals surface area contributed by atoms with E-state index in [1.54, 1.807) is 6.07 Å². The van der Waals surface area contributed by atoms with E-state index in [9.17, 15) is 13.2 Å². The minimum absolute atomic E-state index is 0.00579. The standard InChI is InChI=1S/C25H30N2O4S/c1-16-11-18(3)24(19(4)12-16)32(29,30)27(15-22-9-6-10-31-22)14-21-13-20-8-5-7-17(2)23(20)26-25(21)28/h5,7-8,11-13,22H,6,9-10,14-15H2,1-4H3,(H,26,28)/t22-/m0/s1. The zero-order chi connectivity index (χ0) is 23.0. The van der Waals surface area contributed by atoms with Crippen molar-refractivity contribution in [3.8, 4) is 0 Å². The van der Waals surface area contributed by atoms with Crippen molar-refractivity contribution in [2.45, 2.75) is 58.1 Å². The number of pyridine rings is 1. The Labute approximate surface area is 189 Å². The van der Waals surface area contributed by atoms with Crippen LogP contribution in [0.1, 0.15) is 40.7 Å². The molecular formula is C25H30N2O4S. The Hall–Kier alpha value is -2.48. The van der Waals surface area contributed by atoms with Gasteiger partial charge in [-0.1, -0.05) is 35.9 Å². The van der Waals surface area contributed by atoms with Crippen LogP contribution in [0.2, 0.25) is 0 Å². The molecule has 0 unspecified atom stereocenters. The molecule has 3 aromatic rings. The van der Waals surface area contributed by atoms with Gasteiger partial charge in [0.25, 0.3) is 5.56 Å². The lowest BCUT2D eigenvalue weighted by molar-refractivity contribution is 0.0925. The Balaban J connectivity index is 1.79. The van der Waals surface area contributed by atoms with Gasteiger partial charge < -0.3 is 9.72 Å². The number of sulfonamides is 1. The van der Waals surface area contributed by atoms with E-state index in [0.29, 0.717) is 28.2 Å². The third-order valence-electron chi connectivity index (χ3n) is 6.15. The highest BCUT2D eigenvalue weighted by atomic mass is 32.2. The Morgan fingerprint density at radius 1 is 1.06 bits per heavy atom. The second kappa shape index (κ2) is 8.81. The molecular weight excluding hydrogens is 424 g/mol. The summed E-state index contributed by atoms with van der Waals surface area (Å²) in [6.07, 6.45) is 1.56. The van der Waals surface area contributed by atoms with Gasteiger partial charge in [0.2, 0.25) is 10.0 Å². The zero-order valence-corrected chi connectivity index (χ0v) is 19.9. The molecule has 2 heterocycles. The number of rotatable bonds is 6. The van der Waals surface area contributed by atoms with Gasteiger partial charge in [0.15, 0.2) is 0 Å². The average Bonchev–Trinajstić information content (AvgIpc) is 3.21. The normalized spacial score (nSPS) is 16.8. The molecule has 1 N–H and O–H groups in total. The molecule has 0 spiro atoms. The molecule has 1 fully saturated rings. The van der Waals surface area contributed by atoms with Crippen LogP contribution in [0.3, 0.4) is 0 Å². The fourth-order valence-corrected chi connectivity index (χ4v) is 6.56. The van der Waals surface area contributed by atoms with Crippen LogP contribution in [-0.4, -0.2) is 37.0 Å². The van der Waals surface area contributed by atoms with Crippen LogP contribution in [0.5, 0.6) is 0 Å². The number of ether oxygens (including phenoxy) is 1. The van der Waals surface area contributed by atoms with Crippen LogP contribution in [-0.2, 0) is 21.3 Å². The molecule has 4 rings (SSSR count). The molecule has 32 heavy (non-hydrogen) atoms. The van der Waals surface area contributed by atoms with E-state index in [1.165, 1.54) is 4.31 Å². The molecule has 0 saturated carbocycles. The molecule has 0 aliphatic carbocycles. The molecule has 0 bridgehead atoms. The lowest BCUT2D eigenvalue weighted by Crippen LogP contribution is -2.39. The van der Waals surface area contributed by atoms with Crippen LogP contribution in [0.4, 0.5) is 0 Å². The Morgan fingerprint density at radius 3 is 2.44 bits per heavy atom. The summed E-state index contributed by atoms with van der Waals surface area (Å²) < 4.78 is 34.9. The highest BCUT2D eigenvalue weighted by Gasteiger charge is 2.32. The number of hydrogen-bond donors (Lipinski definition) is 1. The molecule has 7 heteroatoms. The minimum atomic E-state index is -3.84. The number of aromatic nitrogens is 1. The van der Waals surface area contributed by atoms with Crippen molar-refractivity contribution >= 4 is 20.9 Å². The second-order valence-electron chi connectivity index (χ2n) is 8.82. The van der Waals surface area contributed by atoms with E-state index < -0.39 is 10.0 Å². The lowest BCUT2D eigenvalue weighted by atomic mass is 10.1. The number of nitrogens with zero attached hydrogens (tertiary/aromatic N) is 1. The number of nitrogens with one attached hydrogen (secondary N) is 1. The van der Waals surface area contributed by atoms with E-state index in [0.717, 1.165) is 34.9 Å². The van der Waals surface area contributed by atoms with Crippen molar-refractivity contribution in [1.82, 2.24) is 9.29 Å². The number of H-pyrrole nitrogens is 1. The van der Waals surface area contributed by atoms with Gasteiger partial charge >= 0.3 is 0 Å². The van der Waals surface area contributed by atoms with E-state index in [4.69, 9.17) is 4.74 Å². The molecule has 170 valence electrons. The van der Waals surface area contributed by atoms with Crippen LogP contribution >= 0.6 is 0 Å². The van der Waals surface area contributed by atoms with Crippen molar-refractivity contribution in [3.05, 3.63) is 74.6 Å². The summed E-state index contributed by atoms with van der Waals surface area (Å²) in [4.78, 5) is 16.1. The molecule has 0 amide bonds. The summed E-state index contributed by atoms with van der Waals surface area (Å²) in [6.45, 7) is 8.39. The topological polar surface area (TPSA) is 79.5 Å². The fraction of sp³-hybridized carbons (Fsp3) is 0.400. The molecule has 1 aliphatic rings. The highest BCUT2D eigenvalue weighted by molar-refractivity contribution is 7.89. The van der Waals surface area contributed by atoms with E-state index >= 15 is 0 Å². The van der Waals surface area contributed by atoms with Gasteiger partial charge in [-0.15, -0.1) is 0 Å². The summed E-state index contributed by atoms with van der Waals surface area (Å²) in [5.74, 6) is 0. The summed E-state index contributed by atoms with van der Waals surface area (Å²) in [6, 6.07) is 11.4. The van der Waals surface area contributed by atoms with Crippen molar-refractivity contribution in [3.63, 3.8) is 0 Å². The minimum Gasteiger partial charge on any atom is -0.377 e. The number of benzene rings is 2. The third kappa shape index (κ3) is 4.37. The lowest BCUT2D eigenvalue weighted by Gasteiger charge is -2.26. The summed E-state index contributed by atoms with van der Waals surface area (Å²) >= 11 is 0. The predicted octanol–water partition coefficient (Wildman–Crippen LogP) is 4.13. The van der Waals surface area contributed by atoms with Gasteiger partial charge in [-0.2, -0.15) is 4.31 Å². The van der Waals surface area contributed by atoms with Gasteiger partial charge in [0.05, 0.1) is 16.5 Å². The number of aromatic amines is 1. The first-order valence-electron chi connectivity index (χ1n) is 11.0. The van der Waals surface area contributed by atoms with E-state index in [1.807, 2.05) is 58.0 Å². The Bertz CT molecular complexity index is 1300. The Kier molecular flexibility index (Phi) is 6.25. The van der Waals surface area contributed by atoms with Gasteiger partial charge in [-0.25, -0.2) is 8.42 Å². The first-order valence-corrected chi connectivity index (χ1v) is 12.4. The smallest absolute Gasteiger partial charge is 0.252 e. The van der Waals surface area contributed by atoms with Crippen LogP contribution < -0.4 is 5.56 Å². The molecule has 1 aliphatic heterocycles. The SMILES string of the molecule is Cc1cc(C)c(S(=O)(=O)N(Cc2cc3cccc(C)c3[nH]c2=O)C[C@@H]2CCCO2)c(C)c1. The van der Waals surface area contributed by atoms with Gasteiger partial charge in [0.1, 0.15) is 0 Å². The number of hydrogen-bond acceptors (Lipinski definition) is 4. The molecule has 1 saturated heterocycles. The third-order valence-corrected chi connectivity index (χ3v) is 8.26. The van der Waals surface area contributed by atoms with E-state index in [2.05, 4.69) is 4.98 Å². The van der Waals surface area contributed by atoms with Crippen LogP contribution in [0, 0.1) is 27.7 Å². The van der Waals surface area contributed by atoms with Gasteiger partial charge in [-0.05, 0) is 68.7 Å². The van der Waals surface area contributed by atoms with Crippen molar-refractivity contribution < 1.29 is 13.2 Å². The first-order chi connectivity index (χ1) is 15.2.